The largest absolute Gasteiger partial charge is 0.497 e. The summed E-state index contributed by atoms with van der Waals surface area (Å²) in [5.41, 5.74) is 0.786. The lowest BCUT2D eigenvalue weighted by Crippen LogP contribution is -2.39. The van der Waals surface area contributed by atoms with Crippen LogP contribution in [0.15, 0.2) is 18.2 Å². The van der Waals surface area contributed by atoms with Crippen molar-refractivity contribution in [3.05, 3.63) is 18.2 Å². The van der Waals surface area contributed by atoms with Crippen LogP contribution in [0.5, 0.6) is 11.5 Å². The first-order valence-corrected chi connectivity index (χ1v) is 6.73. The molecule has 0 radical (unpaired) electrons. The number of carbonyl (C=O) groups is 1. The normalized spacial score (nSPS) is 11.9. The molecule has 0 spiro atoms. The van der Waals surface area contributed by atoms with Crippen LogP contribution in [0.4, 0.5) is 5.69 Å². The van der Waals surface area contributed by atoms with Crippen LogP contribution in [0.3, 0.4) is 0 Å². The van der Waals surface area contributed by atoms with Gasteiger partial charge < -0.3 is 20.1 Å². The third kappa shape index (κ3) is 4.99. The van der Waals surface area contributed by atoms with Gasteiger partial charge in [0, 0.05) is 30.4 Å². The molecule has 1 unspecified atom stereocenters. The molecular weight excluding hydrogens is 256 g/mol. The second kappa shape index (κ2) is 7.62. The fourth-order valence-corrected chi connectivity index (χ4v) is 1.66. The highest BCUT2D eigenvalue weighted by molar-refractivity contribution is 5.84. The molecule has 0 aliphatic rings. The van der Waals surface area contributed by atoms with Gasteiger partial charge in [0.05, 0.1) is 14.2 Å². The van der Waals surface area contributed by atoms with E-state index < -0.39 is 0 Å². The molecule has 0 aliphatic carbocycles. The minimum absolute atomic E-state index is 0.0273. The number of benzene rings is 1. The van der Waals surface area contributed by atoms with Gasteiger partial charge in [-0.05, 0) is 12.8 Å². The Morgan fingerprint density at radius 3 is 2.10 bits per heavy atom. The van der Waals surface area contributed by atoms with Crippen molar-refractivity contribution in [2.45, 2.75) is 26.8 Å². The molecule has 2 N–H and O–H groups in total. The third-order valence-electron chi connectivity index (χ3n) is 2.81. The van der Waals surface area contributed by atoms with Crippen molar-refractivity contribution >= 4 is 11.6 Å². The summed E-state index contributed by atoms with van der Waals surface area (Å²) >= 11 is 0. The van der Waals surface area contributed by atoms with Crippen molar-refractivity contribution in [2.24, 2.45) is 5.92 Å². The molecule has 5 heteroatoms. The first-order chi connectivity index (χ1) is 9.46. The van der Waals surface area contributed by atoms with Crippen LogP contribution in [0.1, 0.15) is 20.8 Å². The molecule has 0 bridgehead atoms. The zero-order chi connectivity index (χ0) is 15.1. The van der Waals surface area contributed by atoms with Crippen molar-refractivity contribution in [3.8, 4) is 11.5 Å². The number of anilines is 1. The van der Waals surface area contributed by atoms with Crippen molar-refractivity contribution in [2.75, 3.05) is 26.1 Å². The molecule has 0 aliphatic heterocycles. The van der Waals surface area contributed by atoms with Crippen LogP contribution in [-0.4, -0.2) is 32.7 Å². The monoisotopic (exact) mass is 280 g/mol. The maximum absolute atomic E-state index is 11.9. The van der Waals surface area contributed by atoms with Crippen LogP contribution < -0.4 is 20.1 Å². The number of ether oxygens (including phenoxy) is 2. The lowest BCUT2D eigenvalue weighted by atomic mass is 10.2. The van der Waals surface area contributed by atoms with Gasteiger partial charge >= 0.3 is 0 Å². The highest BCUT2D eigenvalue weighted by Gasteiger charge is 2.13. The number of hydrogen-bond acceptors (Lipinski definition) is 4. The van der Waals surface area contributed by atoms with E-state index in [2.05, 4.69) is 24.5 Å². The quantitative estimate of drug-likeness (QED) is 0.804. The molecule has 1 rings (SSSR count). The van der Waals surface area contributed by atoms with Gasteiger partial charge in [-0.1, -0.05) is 13.8 Å². The van der Waals surface area contributed by atoms with Gasteiger partial charge in [0.25, 0.3) is 0 Å². The third-order valence-corrected chi connectivity index (χ3v) is 2.81. The topological polar surface area (TPSA) is 59.6 Å². The van der Waals surface area contributed by atoms with Crippen molar-refractivity contribution in [1.29, 1.82) is 0 Å². The van der Waals surface area contributed by atoms with E-state index >= 15 is 0 Å². The molecular formula is C15H24N2O3. The summed E-state index contributed by atoms with van der Waals surface area (Å²) in [5, 5.41) is 6.04. The Bertz CT molecular complexity index is 424. The minimum Gasteiger partial charge on any atom is -0.497 e. The summed E-state index contributed by atoms with van der Waals surface area (Å²) in [7, 11) is 3.19. The smallest absolute Gasteiger partial charge is 0.242 e. The fraction of sp³-hybridized carbons (Fsp3) is 0.533. The van der Waals surface area contributed by atoms with Gasteiger partial charge in [-0.3, -0.25) is 4.79 Å². The number of methoxy groups -OCH3 is 2. The van der Waals surface area contributed by atoms with Crippen molar-refractivity contribution in [3.63, 3.8) is 0 Å². The summed E-state index contributed by atoms with van der Waals surface area (Å²) in [6.45, 7) is 6.62. The zero-order valence-electron chi connectivity index (χ0n) is 12.8. The van der Waals surface area contributed by atoms with E-state index in [4.69, 9.17) is 9.47 Å². The maximum Gasteiger partial charge on any atom is 0.242 e. The van der Waals surface area contributed by atoms with Crippen LogP contribution in [-0.2, 0) is 4.79 Å². The maximum atomic E-state index is 11.9. The molecule has 5 nitrogen and oxygen atoms in total. The molecule has 1 aromatic carbocycles. The summed E-state index contributed by atoms with van der Waals surface area (Å²) in [6.07, 6.45) is 0. The fourth-order valence-electron chi connectivity index (χ4n) is 1.66. The Morgan fingerprint density at radius 1 is 1.10 bits per heavy atom. The average molecular weight is 280 g/mol. The number of nitrogens with one attached hydrogen (secondary N) is 2. The van der Waals surface area contributed by atoms with E-state index in [1.165, 1.54) is 0 Å². The Morgan fingerprint density at radius 2 is 1.65 bits per heavy atom. The van der Waals surface area contributed by atoms with E-state index in [1.807, 2.05) is 19.1 Å². The Labute approximate surface area is 120 Å². The molecule has 1 aromatic rings. The average Bonchev–Trinajstić information content (AvgIpc) is 2.43. The Balaban J connectivity index is 2.69. The first-order valence-electron chi connectivity index (χ1n) is 6.73. The molecule has 0 saturated heterocycles. The minimum atomic E-state index is -0.328. The van der Waals surface area contributed by atoms with E-state index in [-0.39, 0.29) is 11.9 Å². The van der Waals surface area contributed by atoms with Crippen molar-refractivity contribution < 1.29 is 14.3 Å². The van der Waals surface area contributed by atoms with E-state index in [0.29, 0.717) is 24.0 Å². The molecule has 0 heterocycles. The first kappa shape index (κ1) is 16.1. The van der Waals surface area contributed by atoms with Gasteiger partial charge in [-0.15, -0.1) is 0 Å². The molecule has 20 heavy (non-hydrogen) atoms. The number of rotatable bonds is 7. The number of amides is 1. The van der Waals surface area contributed by atoms with Crippen LogP contribution in [0.2, 0.25) is 0 Å². The van der Waals surface area contributed by atoms with Gasteiger partial charge in [0.15, 0.2) is 0 Å². The lowest BCUT2D eigenvalue weighted by molar-refractivity contribution is -0.121. The summed E-state index contributed by atoms with van der Waals surface area (Å²) in [6, 6.07) is 5.11. The van der Waals surface area contributed by atoms with E-state index in [9.17, 15) is 4.79 Å². The lowest BCUT2D eigenvalue weighted by Gasteiger charge is -2.17. The Kier molecular flexibility index (Phi) is 6.15. The van der Waals surface area contributed by atoms with Crippen LogP contribution in [0, 0.1) is 5.92 Å². The summed E-state index contributed by atoms with van der Waals surface area (Å²) in [4.78, 5) is 11.9. The van der Waals surface area contributed by atoms with Crippen LogP contribution >= 0.6 is 0 Å². The van der Waals surface area contributed by atoms with E-state index in [1.54, 1.807) is 20.3 Å². The SMILES string of the molecule is COc1cc(NC(C)C(=O)NCC(C)C)cc(OC)c1. The van der Waals surface area contributed by atoms with E-state index in [0.717, 1.165) is 5.69 Å². The molecule has 1 amide bonds. The summed E-state index contributed by atoms with van der Waals surface area (Å²) in [5.74, 6) is 1.77. The predicted molar refractivity (Wildman–Crippen MR) is 80.5 cm³/mol. The second-order valence-electron chi connectivity index (χ2n) is 5.11. The molecule has 0 fully saturated rings. The predicted octanol–water partition coefficient (Wildman–Crippen LogP) is 2.28. The summed E-state index contributed by atoms with van der Waals surface area (Å²) < 4.78 is 10.4. The molecule has 1 atom stereocenters. The van der Waals surface area contributed by atoms with Gasteiger partial charge in [0.1, 0.15) is 17.5 Å². The Hall–Kier alpha value is -1.91. The van der Waals surface area contributed by atoms with Crippen molar-refractivity contribution in [1.82, 2.24) is 5.32 Å². The van der Waals surface area contributed by atoms with Crippen LogP contribution in [0.25, 0.3) is 0 Å². The highest BCUT2D eigenvalue weighted by atomic mass is 16.5. The highest BCUT2D eigenvalue weighted by Crippen LogP contribution is 2.26. The second-order valence-corrected chi connectivity index (χ2v) is 5.11. The van der Waals surface area contributed by atoms with Gasteiger partial charge in [-0.25, -0.2) is 0 Å². The zero-order valence-corrected chi connectivity index (χ0v) is 12.8. The number of carbonyl (C=O) groups excluding carboxylic acids is 1. The molecule has 0 aromatic heterocycles. The molecule has 112 valence electrons. The van der Waals surface area contributed by atoms with Gasteiger partial charge in [0.2, 0.25) is 5.91 Å². The van der Waals surface area contributed by atoms with Gasteiger partial charge in [-0.2, -0.15) is 0 Å². The number of hydrogen-bond donors (Lipinski definition) is 2. The standard InChI is InChI=1S/C15H24N2O3/c1-10(2)9-16-15(18)11(3)17-12-6-13(19-4)8-14(7-12)20-5/h6-8,10-11,17H,9H2,1-5H3,(H,16,18). The molecule has 0 saturated carbocycles.